The average Bonchev–Trinajstić information content (AvgIpc) is 2.80. The van der Waals surface area contributed by atoms with Crippen LogP contribution >= 0.6 is 0 Å². The largest absolute Gasteiger partial charge is 0.468 e. The van der Waals surface area contributed by atoms with E-state index >= 15 is 0 Å². The summed E-state index contributed by atoms with van der Waals surface area (Å²) in [6.45, 7) is -1.31. The van der Waals surface area contributed by atoms with E-state index in [2.05, 4.69) is 15.0 Å². The number of rotatable bonds is 4. The van der Waals surface area contributed by atoms with Crippen molar-refractivity contribution >= 4 is 5.69 Å². The Hall–Kier alpha value is -1.46. The lowest BCUT2D eigenvalue weighted by molar-refractivity contribution is -0.154. The summed E-state index contributed by atoms with van der Waals surface area (Å²) in [6, 6.07) is 3.59. The van der Waals surface area contributed by atoms with Gasteiger partial charge < -0.3 is 10.1 Å². The van der Waals surface area contributed by atoms with E-state index in [0.29, 0.717) is 6.04 Å². The molecule has 0 aromatic carbocycles. The van der Waals surface area contributed by atoms with Crippen LogP contribution in [-0.4, -0.2) is 23.8 Å². The van der Waals surface area contributed by atoms with E-state index in [0.717, 1.165) is 18.5 Å². The highest BCUT2D eigenvalue weighted by Crippen LogP contribution is 2.23. The highest BCUT2D eigenvalue weighted by molar-refractivity contribution is 5.43. The Balaban J connectivity index is 1.85. The zero-order valence-electron chi connectivity index (χ0n) is 9.83. The molecule has 1 fully saturated rings. The summed E-state index contributed by atoms with van der Waals surface area (Å²) in [5.74, 6) is -0.00991. The standard InChI is InChI=1S/C12H15F3N2O/c13-12(14,15)8-18-11-6-5-10(7-16-11)17-9-3-1-2-4-9/h5-7,9,17H,1-4,8H2. The lowest BCUT2D eigenvalue weighted by atomic mass is 10.2. The number of pyridine rings is 1. The molecule has 0 bridgehead atoms. The third-order valence-electron chi connectivity index (χ3n) is 2.85. The molecule has 1 aliphatic carbocycles. The number of alkyl halides is 3. The first-order valence-corrected chi connectivity index (χ1v) is 5.95. The molecule has 1 aromatic heterocycles. The third kappa shape index (κ3) is 4.09. The van der Waals surface area contributed by atoms with Crippen molar-refractivity contribution in [2.24, 2.45) is 0 Å². The monoisotopic (exact) mass is 260 g/mol. The van der Waals surface area contributed by atoms with E-state index in [4.69, 9.17) is 0 Å². The maximum absolute atomic E-state index is 11.9. The number of hydrogen-bond acceptors (Lipinski definition) is 3. The fourth-order valence-electron chi connectivity index (χ4n) is 2.01. The molecule has 1 N–H and O–H groups in total. The quantitative estimate of drug-likeness (QED) is 0.901. The van der Waals surface area contributed by atoms with Gasteiger partial charge in [0.15, 0.2) is 6.61 Å². The Morgan fingerprint density at radius 2 is 2.00 bits per heavy atom. The predicted octanol–water partition coefficient (Wildman–Crippen LogP) is 3.38. The third-order valence-corrected chi connectivity index (χ3v) is 2.85. The molecular weight excluding hydrogens is 245 g/mol. The molecule has 18 heavy (non-hydrogen) atoms. The summed E-state index contributed by atoms with van der Waals surface area (Å²) < 4.78 is 40.3. The van der Waals surface area contributed by atoms with Crippen LogP contribution in [0.2, 0.25) is 0 Å². The van der Waals surface area contributed by atoms with E-state index in [1.54, 1.807) is 6.07 Å². The van der Waals surface area contributed by atoms with Gasteiger partial charge in [0.25, 0.3) is 0 Å². The predicted molar refractivity (Wildman–Crippen MR) is 61.7 cm³/mol. The highest BCUT2D eigenvalue weighted by atomic mass is 19.4. The lowest BCUT2D eigenvalue weighted by Gasteiger charge is -2.13. The number of ether oxygens (including phenoxy) is 1. The number of nitrogens with zero attached hydrogens (tertiary/aromatic N) is 1. The lowest BCUT2D eigenvalue weighted by Crippen LogP contribution is -2.19. The fourth-order valence-corrected chi connectivity index (χ4v) is 2.01. The van der Waals surface area contributed by atoms with Crippen LogP contribution in [0.4, 0.5) is 18.9 Å². The average molecular weight is 260 g/mol. The van der Waals surface area contributed by atoms with Crippen LogP contribution in [0.15, 0.2) is 18.3 Å². The summed E-state index contributed by atoms with van der Waals surface area (Å²) in [4.78, 5) is 3.84. The molecule has 0 unspecified atom stereocenters. The topological polar surface area (TPSA) is 34.1 Å². The summed E-state index contributed by atoms with van der Waals surface area (Å²) in [5, 5.41) is 3.30. The number of anilines is 1. The zero-order valence-corrected chi connectivity index (χ0v) is 9.83. The number of aromatic nitrogens is 1. The van der Waals surface area contributed by atoms with E-state index in [9.17, 15) is 13.2 Å². The summed E-state index contributed by atoms with van der Waals surface area (Å²) >= 11 is 0. The Bertz CT molecular complexity index is 372. The van der Waals surface area contributed by atoms with Crippen molar-refractivity contribution in [1.29, 1.82) is 0 Å². The van der Waals surface area contributed by atoms with E-state index in [1.165, 1.54) is 25.1 Å². The molecule has 6 heteroatoms. The first-order chi connectivity index (χ1) is 8.53. The van der Waals surface area contributed by atoms with E-state index < -0.39 is 12.8 Å². The molecule has 1 heterocycles. The molecule has 3 nitrogen and oxygen atoms in total. The Kier molecular flexibility index (Phi) is 3.93. The normalized spacial score (nSPS) is 16.8. The van der Waals surface area contributed by atoms with E-state index in [-0.39, 0.29) is 5.88 Å². The molecule has 0 spiro atoms. The van der Waals surface area contributed by atoms with Crippen LogP contribution in [0.1, 0.15) is 25.7 Å². The summed E-state index contributed by atoms with van der Waals surface area (Å²) in [7, 11) is 0. The molecule has 0 radical (unpaired) electrons. The molecule has 0 atom stereocenters. The Morgan fingerprint density at radius 3 is 2.56 bits per heavy atom. The van der Waals surface area contributed by atoms with Gasteiger partial charge in [-0.3, -0.25) is 0 Å². The van der Waals surface area contributed by atoms with Gasteiger partial charge in [0.2, 0.25) is 5.88 Å². The maximum Gasteiger partial charge on any atom is 0.422 e. The maximum atomic E-state index is 11.9. The molecule has 2 rings (SSSR count). The minimum Gasteiger partial charge on any atom is -0.468 e. The van der Waals surface area contributed by atoms with Gasteiger partial charge >= 0.3 is 6.18 Å². The molecule has 0 amide bonds. The van der Waals surface area contributed by atoms with Crippen molar-refractivity contribution in [3.05, 3.63) is 18.3 Å². The van der Waals surface area contributed by atoms with E-state index in [1.807, 2.05) is 0 Å². The molecule has 100 valence electrons. The van der Waals surface area contributed by atoms with Gasteiger partial charge in [0.05, 0.1) is 11.9 Å². The van der Waals surface area contributed by atoms with Crippen molar-refractivity contribution < 1.29 is 17.9 Å². The van der Waals surface area contributed by atoms with Gasteiger partial charge in [-0.1, -0.05) is 12.8 Å². The second-order valence-corrected chi connectivity index (χ2v) is 4.41. The van der Waals surface area contributed by atoms with Gasteiger partial charge in [-0.15, -0.1) is 0 Å². The van der Waals surface area contributed by atoms with Crippen LogP contribution in [-0.2, 0) is 0 Å². The highest BCUT2D eigenvalue weighted by Gasteiger charge is 2.28. The van der Waals surface area contributed by atoms with Crippen molar-refractivity contribution in [2.45, 2.75) is 37.9 Å². The van der Waals surface area contributed by atoms with Crippen LogP contribution < -0.4 is 10.1 Å². The molecule has 0 saturated heterocycles. The Morgan fingerprint density at radius 1 is 1.28 bits per heavy atom. The second-order valence-electron chi connectivity index (χ2n) is 4.41. The minimum atomic E-state index is -4.33. The first kappa shape index (κ1) is 13.0. The van der Waals surface area contributed by atoms with Crippen LogP contribution in [0.3, 0.4) is 0 Å². The smallest absolute Gasteiger partial charge is 0.422 e. The van der Waals surface area contributed by atoms with Crippen molar-refractivity contribution in [1.82, 2.24) is 4.98 Å². The fraction of sp³-hybridized carbons (Fsp3) is 0.583. The van der Waals surface area contributed by atoms with Crippen molar-refractivity contribution in [2.75, 3.05) is 11.9 Å². The van der Waals surface area contributed by atoms with Crippen LogP contribution in [0.5, 0.6) is 5.88 Å². The molecule has 1 saturated carbocycles. The number of nitrogens with one attached hydrogen (secondary N) is 1. The van der Waals surface area contributed by atoms with Gasteiger partial charge in [-0.25, -0.2) is 4.98 Å². The SMILES string of the molecule is FC(F)(F)COc1ccc(NC2CCCC2)cn1. The zero-order chi connectivity index (χ0) is 13.0. The minimum absolute atomic E-state index is 0.00991. The molecule has 1 aromatic rings. The van der Waals surface area contributed by atoms with Gasteiger partial charge in [0, 0.05) is 12.1 Å². The molecule has 1 aliphatic rings. The molecule has 0 aliphatic heterocycles. The van der Waals surface area contributed by atoms with Gasteiger partial charge in [-0.05, 0) is 18.9 Å². The molecular formula is C12H15F3N2O. The summed E-state index contributed by atoms with van der Waals surface area (Å²) in [6.07, 6.45) is 1.88. The van der Waals surface area contributed by atoms with Crippen molar-refractivity contribution in [3.8, 4) is 5.88 Å². The number of hydrogen-bond donors (Lipinski definition) is 1. The first-order valence-electron chi connectivity index (χ1n) is 5.95. The van der Waals surface area contributed by atoms with Gasteiger partial charge in [-0.2, -0.15) is 13.2 Å². The van der Waals surface area contributed by atoms with Gasteiger partial charge in [0.1, 0.15) is 0 Å². The van der Waals surface area contributed by atoms with Crippen molar-refractivity contribution in [3.63, 3.8) is 0 Å². The number of halogens is 3. The van der Waals surface area contributed by atoms with Crippen LogP contribution in [0.25, 0.3) is 0 Å². The summed E-state index contributed by atoms with van der Waals surface area (Å²) in [5.41, 5.74) is 0.821. The second kappa shape index (κ2) is 5.46. The van der Waals surface area contributed by atoms with Crippen LogP contribution in [0, 0.1) is 0 Å². The Labute approximate surface area is 103 Å².